The fourth-order valence-corrected chi connectivity index (χ4v) is 1.62. The number of hydrogen-bond acceptors (Lipinski definition) is 2. The van der Waals surface area contributed by atoms with Gasteiger partial charge in [0, 0.05) is 13.1 Å². The lowest BCUT2D eigenvalue weighted by molar-refractivity contribution is 0.403. The van der Waals surface area contributed by atoms with Crippen LogP contribution in [0.2, 0.25) is 0 Å². The van der Waals surface area contributed by atoms with Crippen molar-refractivity contribution in [1.29, 1.82) is 0 Å². The van der Waals surface area contributed by atoms with Crippen molar-refractivity contribution in [2.45, 2.75) is 32.7 Å². The summed E-state index contributed by atoms with van der Waals surface area (Å²) in [5.74, 6) is -6.19. The summed E-state index contributed by atoms with van der Waals surface area (Å²) in [6.45, 7) is 3.63. The van der Waals surface area contributed by atoms with Gasteiger partial charge in [-0.05, 0) is 13.3 Å². The molecule has 1 unspecified atom stereocenters. The minimum Gasteiger partial charge on any atom is -0.367 e. The van der Waals surface area contributed by atoms with Gasteiger partial charge in [-0.15, -0.1) is 0 Å². The van der Waals surface area contributed by atoms with E-state index >= 15 is 0 Å². The van der Waals surface area contributed by atoms with Gasteiger partial charge in [-0.25, -0.2) is 0 Å². The smallest absolute Gasteiger partial charge is 0.253 e. The van der Waals surface area contributed by atoms with Crippen molar-refractivity contribution >= 4 is 5.69 Å². The average Bonchev–Trinajstić information content (AvgIpc) is 2.27. The van der Waals surface area contributed by atoms with E-state index in [9.17, 15) is 17.6 Å². The number of nitrogens with zero attached hydrogens (tertiary/aromatic N) is 2. The Morgan fingerprint density at radius 2 is 1.59 bits per heavy atom. The van der Waals surface area contributed by atoms with Crippen LogP contribution < -0.4 is 4.90 Å². The maximum absolute atomic E-state index is 13.4. The normalized spacial score (nSPS) is 12.6. The lowest BCUT2D eigenvalue weighted by atomic mass is 10.1. The number of hydrogen-bond donors (Lipinski definition) is 0. The molecule has 2 nitrogen and oxygen atoms in total. The fourth-order valence-electron chi connectivity index (χ4n) is 1.62. The Morgan fingerprint density at radius 1 is 1.12 bits per heavy atom. The summed E-state index contributed by atoms with van der Waals surface area (Å²) < 4.78 is 52.6. The molecular formula is C11H14F4N2. The lowest BCUT2D eigenvalue weighted by Gasteiger charge is -2.27. The van der Waals surface area contributed by atoms with Crippen LogP contribution in [0.5, 0.6) is 0 Å². The van der Waals surface area contributed by atoms with E-state index in [1.165, 1.54) is 11.9 Å². The van der Waals surface area contributed by atoms with Crippen LogP contribution in [0.1, 0.15) is 26.7 Å². The Kier molecular flexibility index (Phi) is 4.31. The molecule has 0 N–H and O–H groups in total. The van der Waals surface area contributed by atoms with Crippen LogP contribution in [0.15, 0.2) is 0 Å². The number of halogens is 4. The second-order valence-electron chi connectivity index (χ2n) is 3.92. The van der Waals surface area contributed by atoms with Crippen molar-refractivity contribution in [2.75, 3.05) is 11.9 Å². The minimum atomic E-state index is -1.63. The first kappa shape index (κ1) is 13.7. The van der Waals surface area contributed by atoms with E-state index in [-0.39, 0.29) is 6.04 Å². The lowest BCUT2D eigenvalue weighted by Crippen LogP contribution is -2.31. The van der Waals surface area contributed by atoms with Gasteiger partial charge in [-0.1, -0.05) is 13.3 Å². The van der Waals surface area contributed by atoms with Crippen LogP contribution in [-0.4, -0.2) is 18.1 Å². The summed E-state index contributed by atoms with van der Waals surface area (Å²) in [6, 6.07) is -0.231. The molecule has 0 aromatic carbocycles. The summed E-state index contributed by atoms with van der Waals surface area (Å²) in [6.07, 6.45) is 1.45. The highest BCUT2D eigenvalue weighted by molar-refractivity contribution is 5.48. The topological polar surface area (TPSA) is 16.1 Å². The van der Waals surface area contributed by atoms with E-state index in [0.717, 1.165) is 6.42 Å². The largest absolute Gasteiger partial charge is 0.367 e. The molecule has 96 valence electrons. The molecule has 1 aromatic rings. The van der Waals surface area contributed by atoms with Gasteiger partial charge in [-0.3, -0.25) is 0 Å². The fraction of sp³-hybridized carbons (Fsp3) is 0.545. The molecule has 1 heterocycles. The van der Waals surface area contributed by atoms with Gasteiger partial charge in [0.2, 0.25) is 11.6 Å². The van der Waals surface area contributed by atoms with Crippen molar-refractivity contribution in [2.24, 2.45) is 0 Å². The van der Waals surface area contributed by atoms with Crippen molar-refractivity contribution in [1.82, 2.24) is 4.98 Å². The van der Waals surface area contributed by atoms with Crippen LogP contribution in [-0.2, 0) is 0 Å². The molecule has 0 saturated carbocycles. The first-order chi connectivity index (χ1) is 7.90. The summed E-state index contributed by atoms with van der Waals surface area (Å²) in [4.78, 5) is 3.69. The third-order valence-corrected chi connectivity index (χ3v) is 2.69. The van der Waals surface area contributed by atoms with Crippen LogP contribution in [0.3, 0.4) is 0 Å². The van der Waals surface area contributed by atoms with Crippen molar-refractivity contribution in [3.05, 3.63) is 23.5 Å². The molecule has 1 aromatic heterocycles. The minimum absolute atomic E-state index is 0.231. The molecule has 0 aliphatic carbocycles. The van der Waals surface area contributed by atoms with Crippen LogP contribution >= 0.6 is 0 Å². The average molecular weight is 250 g/mol. The standard InChI is InChI=1S/C11H14F4N2/c1-4-5-6(2)17(3)9-7(12)10(14)16-11(15)8(9)13/h6H,4-5H2,1-3H3. The molecule has 0 bridgehead atoms. The van der Waals surface area contributed by atoms with E-state index in [4.69, 9.17) is 0 Å². The molecule has 0 aliphatic rings. The highest BCUT2D eigenvalue weighted by Crippen LogP contribution is 2.27. The van der Waals surface area contributed by atoms with Crippen molar-refractivity contribution in [3.8, 4) is 0 Å². The van der Waals surface area contributed by atoms with Gasteiger partial charge in [-0.2, -0.15) is 22.5 Å². The van der Waals surface area contributed by atoms with Crippen molar-refractivity contribution < 1.29 is 17.6 Å². The molecular weight excluding hydrogens is 236 g/mol. The molecule has 0 fully saturated rings. The first-order valence-corrected chi connectivity index (χ1v) is 5.32. The Balaban J connectivity index is 3.20. The maximum Gasteiger partial charge on any atom is 0.253 e. The number of rotatable bonds is 4. The molecule has 17 heavy (non-hydrogen) atoms. The number of anilines is 1. The quantitative estimate of drug-likeness (QED) is 0.602. The monoisotopic (exact) mass is 250 g/mol. The van der Waals surface area contributed by atoms with Gasteiger partial charge in [0.15, 0.2) is 0 Å². The first-order valence-electron chi connectivity index (χ1n) is 5.32. The van der Waals surface area contributed by atoms with Gasteiger partial charge in [0.25, 0.3) is 11.9 Å². The van der Waals surface area contributed by atoms with Crippen LogP contribution in [0.25, 0.3) is 0 Å². The summed E-state index contributed by atoms with van der Waals surface area (Å²) in [5.41, 5.74) is -0.712. The predicted molar refractivity (Wildman–Crippen MR) is 56.8 cm³/mol. The molecule has 1 atom stereocenters. The third kappa shape index (κ3) is 2.68. The Morgan fingerprint density at radius 3 is 2.00 bits per heavy atom. The second kappa shape index (κ2) is 5.33. The van der Waals surface area contributed by atoms with Crippen LogP contribution in [0, 0.1) is 23.5 Å². The number of aromatic nitrogens is 1. The zero-order valence-electron chi connectivity index (χ0n) is 9.90. The molecule has 0 saturated heterocycles. The zero-order valence-corrected chi connectivity index (χ0v) is 9.90. The molecule has 0 radical (unpaired) electrons. The number of pyridine rings is 1. The van der Waals surface area contributed by atoms with E-state index in [1.807, 2.05) is 6.92 Å². The van der Waals surface area contributed by atoms with E-state index in [2.05, 4.69) is 4.98 Å². The van der Waals surface area contributed by atoms with Crippen molar-refractivity contribution in [3.63, 3.8) is 0 Å². The Labute approximate surface area is 97.3 Å². The van der Waals surface area contributed by atoms with Gasteiger partial charge in [0.1, 0.15) is 5.69 Å². The van der Waals surface area contributed by atoms with E-state index in [0.29, 0.717) is 6.42 Å². The van der Waals surface area contributed by atoms with Crippen LogP contribution in [0.4, 0.5) is 23.2 Å². The summed E-state index contributed by atoms with van der Waals surface area (Å²) in [7, 11) is 1.39. The highest BCUT2D eigenvalue weighted by atomic mass is 19.2. The summed E-state index contributed by atoms with van der Waals surface area (Å²) in [5, 5.41) is 0. The summed E-state index contributed by atoms with van der Waals surface area (Å²) >= 11 is 0. The SMILES string of the molecule is CCCC(C)N(C)c1c(F)c(F)nc(F)c1F. The Hall–Kier alpha value is -1.33. The highest BCUT2D eigenvalue weighted by Gasteiger charge is 2.25. The molecule has 0 spiro atoms. The third-order valence-electron chi connectivity index (χ3n) is 2.69. The molecule has 0 amide bonds. The molecule has 6 heteroatoms. The predicted octanol–water partition coefficient (Wildman–Crippen LogP) is 3.26. The second-order valence-corrected chi connectivity index (χ2v) is 3.92. The molecule has 1 rings (SSSR count). The zero-order chi connectivity index (χ0) is 13.2. The van der Waals surface area contributed by atoms with Gasteiger partial charge >= 0.3 is 0 Å². The Bertz CT molecular complexity index is 383. The molecule has 0 aliphatic heterocycles. The van der Waals surface area contributed by atoms with E-state index < -0.39 is 29.2 Å². The van der Waals surface area contributed by atoms with Gasteiger partial charge in [0.05, 0.1) is 0 Å². The van der Waals surface area contributed by atoms with E-state index in [1.54, 1.807) is 6.92 Å². The maximum atomic E-state index is 13.4. The van der Waals surface area contributed by atoms with Gasteiger partial charge < -0.3 is 4.90 Å².